The lowest BCUT2D eigenvalue weighted by molar-refractivity contribution is -0.157. The second-order valence-corrected chi connectivity index (χ2v) is 4.49. The standard InChI is InChI=1S/C17H18O4/c1-19-15-10-6-9-14(11-15)16(20-2)17(18)21-12-13-7-4-3-5-8-13/h3-11,16H,12H2,1-2H3. The number of benzene rings is 2. The Morgan fingerprint density at radius 3 is 2.48 bits per heavy atom. The second kappa shape index (κ2) is 7.45. The summed E-state index contributed by atoms with van der Waals surface area (Å²) in [6.07, 6.45) is -0.760. The van der Waals surface area contributed by atoms with Crippen molar-refractivity contribution >= 4 is 5.97 Å². The molecule has 4 heteroatoms. The first kappa shape index (κ1) is 15.1. The first-order chi connectivity index (χ1) is 10.2. The van der Waals surface area contributed by atoms with E-state index in [9.17, 15) is 4.79 Å². The van der Waals surface area contributed by atoms with Crippen LogP contribution in [0.15, 0.2) is 54.6 Å². The number of rotatable bonds is 6. The van der Waals surface area contributed by atoms with Crippen LogP contribution < -0.4 is 4.74 Å². The molecule has 21 heavy (non-hydrogen) atoms. The molecule has 0 bridgehead atoms. The highest BCUT2D eigenvalue weighted by Crippen LogP contribution is 2.23. The molecule has 0 saturated heterocycles. The van der Waals surface area contributed by atoms with Crippen molar-refractivity contribution < 1.29 is 19.0 Å². The van der Waals surface area contributed by atoms with Gasteiger partial charge in [0.1, 0.15) is 12.4 Å². The van der Waals surface area contributed by atoms with E-state index in [1.54, 1.807) is 19.2 Å². The van der Waals surface area contributed by atoms with Crippen LogP contribution in [-0.4, -0.2) is 20.2 Å². The summed E-state index contributed by atoms with van der Waals surface area (Å²) in [5.74, 6) is 0.250. The van der Waals surface area contributed by atoms with Gasteiger partial charge in [0.25, 0.3) is 0 Å². The number of hydrogen-bond donors (Lipinski definition) is 0. The molecule has 0 radical (unpaired) electrons. The average Bonchev–Trinajstić information content (AvgIpc) is 2.55. The van der Waals surface area contributed by atoms with Gasteiger partial charge in [-0.1, -0.05) is 42.5 Å². The smallest absolute Gasteiger partial charge is 0.340 e. The molecule has 0 fully saturated rings. The van der Waals surface area contributed by atoms with Crippen LogP contribution in [0.1, 0.15) is 17.2 Å². The summed E-state index contributed by atoms with van der Waals surface area (Å²) in [5, 5.41) is 0. The summed E-state index contributed by atoms with van der Waals surface area (Å²) in [5.41, 5.74) is 1.64. The number of carbonyl (C=O) groups is 1. The summed E-state index contributed by atoms with van der Waals surface area (Å²) in [4.78, 5) is 12.2. The zero-order valence-corrected chi connectivity index (χ0v) is 12.1. The molecule has 0 heterocycles. The van der Waals surface area contributed by atoms with Crippen LogP contribution >= 0.6 is 0 Å². The molecule has 4 nitrogen and oxygen atoms in total. The van der Waals surface area contributed by atoms with E-state index in [2.05, 4.69) is 0 Å². The quantitative estimate of drug-likeness (QED) is 0.765. The van der Waals surface area contributed by atoms with Crippen LogP contribution in [0.3, 0.4) is 0 Å². The van der Waals surface area contributed by atoms with E-state index in [1.165, 1.54) is 7.11 Å². The summed E-state index contributed by atoms with van der Waals surface area (Å²) in [6, 6.07) is 16.7. The van der Waals surface area contributed by atoms with Crippen molar-refractivity contribution in [2.24, 2.45) is 0 Å². The van der Waals surface area contributed by atoms with Crippen LogP contribution in [0.4, 0.5) is 0 Å². The predicted octanol–water partition coefficient (Wildman–Crippen LogP) is 3.13. The minimum absolute atomic E-state index is 0.226. The minimum atomic E-state index is -0.760. The van der Waals surface area contributed by atoms with Gasteiger partial charge in [0, 0.05) is 7.11 Å². The Labute approximate surface area is 124 Å². The first-order valence-corrected chi connectivity index (χ1v) is 6.62. The third kappa shape index (κ3) is 4.07. The van der Waals surface area contributed by atoms with Crippen LogP contribution in [-0.2, 0) is 20.9 Å². The normalized spacial score (nSPS) is 11.7. The lowest BCUT2D eigenvalue weighted by Crippen LogP contribution is -2.17. The van der Waals surface area contributed by atoms with Gasteiger partial charge in [0.15, 0.2) is 6.10 Å². The maximum atomic E-state index is 12.2. The highest BCUT2D eigenvalue weighted by atomic mass is 16.6. The molecule has 2 rings (SSSR count). The van der Waals surface area contributed by atoms with Gasteiger partial charge in [-0.05, 0) is 23.3 Å². The van der Waals surface area contributed by atoms with Gasteiger partial charge in [-0.3, -0.25) is 0 Å². The van der Waals surface area contributed by atoms with Gasteiger partial charge in [0.2, 0.25) is 0 Å². The topological polar surface area (TPSA) is 44.8 Å². The Balaban J connectivity index is 2.04. The molecule has 0 aliphatic heterocycles. The molecular formula is C17H18O4. The second-order valence-electron chi connectivity index (χ2n) is 4.49. The fraction of sp³-hybridized carbons (Fsp3) is 0.235. The Kier molecular flexibility index (Phi) is 5.35. The van der Waals surface area contributed by atoms with Crippen molar-refractivity contribution in [3.05, 3.63) is 65.7 Å². The Bertz CT molecular complexity index is 580. The largest absolute Gasteiger partial charge is 0.497 e. The molecule has 0 aliphatic rings. The number of carbonyl (C=O) groups excluding carboxylic acids is 1. The molecule has 0 aromatic heterocycles. The fourth-order valence-electron chi connectivity index (χ4n) is 1.98. The summed E-state index contributed by atoms with van der Waals surface area (Å²) >= 11 is 0. The molecule has 0 spiro atoms. The highest BCUT2D eigenvalue weighted by molar-refractivity contribution is 5.76. The van der Waals surface area contributed by atoms with Gasteiger partial charge in [-0.15, -0.1) is 0 Å². The van der Waals surface area contributed by atoms with Crippen molar-refractivity contribution in [3.8, 4) is 5.75 Å². The molecule has 0 N–H and O–H groups in total. The molecule has 1 unspecified atom stereocenters. The van der Waals surface area contributed by atoms with E-state index >= 15 is 0 Å². The van der Waals surface area contributed by atoms with Gasteiger partial charge >= 0.3 is 5.97 Å². The minimum Gasteiger partial charge on any atom is -0.497 e. The van der Waals surface area contributed by atoms with Crippen molar-refractivity contribution in [1.29, 1.82) is 0 Å². The zero-order valence-electron chi connectivity index (χ0n) is 12.1. The maximum absolute atomic E-state index is 12.2. The van der Waals surface area contributed by atoms with E-state index in [-0.39, 0.29) is 6.61 Å². The Hall–Kier alpha value is -2.33. The average molecular weight is 286 g/mol. The summed E-state index contributed by atoms with van der Waals surface area (Å²) in [7, 11) is 3.06. The van der Waals surface area contributed by atoms with E-state index in [4.69, 9.17) is 14.2 Å². The van der Waals surface area contributed by atoms with E-state index in [0.717, 1.165) is 5.56 Å². The van der Waals surface area contributed by atoms with Crippen LogP contribution in [0.5, 0.6) is 5.75 Å². The Morgan fingerprint density at radius 2 is 1.81 bits per heavy atom. The lowest BCUT2D eigenvalue weighted by atomic mass is 10.1. The van der Waals surface area contributed by atoms with Gasteiger partial charge < -0.3 is 14.2 Å². The number of methoxy groups -OCH3 is 2. The van der Waals surface area contributed by atoms with Crippen molar-refractivity contribution in [2.45, 2.75) is 12.7 Å². The van der Waals surface area contributed by atoms with Crippen molar-refractivity contribution in [1.82, 2.24) is 0 Å². The molecule has 110 valence electrons. The first-order valence-electron chi connectivity index (χ1n) is 6.62. The molecule has 1 atom stereocenters. The SMILES string of the molecule is COc1cccc(C(OC)C(=O)OCc2ccccc2)c1. The number of esters is 1. The fourth-order valence-corrected chi connectivity index (χ4v) is 1.98. The molecule has 0 amide bonds. The molecule has 0 saturated carbocycles. The third-order valence-electron chi connectivity index (χ3n) is 3.07. The number of ether oxygens (including phenoxy) is 3. The number of hydrogen-bond acceptors (Lipinski definition) is 4. The molecular weight excluding hydrogens is 268 g/mol. The van der Waals surface area contributed by atoms with Crippen LogP contribution in [0.25, 0.3) is 0 Å². The van der Waals surface area contributed by atoms with Gasteiger partial charge in [-0.25, -0.2) is 4.79 Å². The van der Waals surface area contributed by atoms with E-state index in [0.29, 0.717) is 11.3 Å². The molecule has 2 aromatic carbocycles. The van der Waals surface area contributed by atoms with Crippen molar-refractivity contribution in [3.63, 3.8) is 0 Å². The van der Waals surface area contributed by atoms with Gasteiger partial charge in [0.05, 0.1) is 7.11 Å². The van der Waals surface area contributed by atoms with Crippen LogP contribution in [0.2, 0.25) is 0 Å². The van der Waals surface area contributed by atoms with Gasteiger partial charge in [-0.2, -0.15) is 0 Å². The van der Waals surface area contributed by atoms with Crippen LogP contribution in [0, 0.1) is 0 Å². The van der Waals surface area contributed by atoms with E-state index < -0.39 is 12.1 Å². The summed E-state index contributed by atoms with van der Waals surface area (Å²) in [6.45, 7) is 0.226. The monoisotopic (exact) mass is 286 g/mol. The van der Waals surface area contributed by atoms with Crippen molar-refractivity contribution in [2.75, 3.05) is 14.2 Å². The molecule has 0 aliphatic carbocycles. The predicted molar refractivity (Wildman–Crippen MR) is 79.0 cm³/mol. The highest BCUT2D eigenvalue weighted by Gasteiger charge is 2.22. The summed E-state index contributed by atoms with van der Waals surface area (Å²) < 4.78 is 15.7. The third-order valence-corrected chi connectivity index (χ3v) is 3.07. The molecule has 2 aromatic rings. The zero-order chi connectivity index (χ0) is 15.1. The van der Waals surface area contributed by atoms with E-state index in [1.807, 2.05) is 42.5 Å². The lowest BCUT2D eigenvalue weighted by Gasteiger charge is -2.15. The maximum Gasteiger partial charge on any atom is 0.340 e. The Morgan fingerprint density at radius 1 is 1.05 bits per heavy atom.